The zero-order chi connectivity index (χ0) is 20.5. The third-order valence-corrected chi connectivity index (χ3v) is 5.30. The fourth-order valence-electron chi connectivity index (χ4n) is 3.58. The molecule has 0 saturated carbocycles. The minimum atomic E-state index is -0.0112. The lowest BCUT2D eigenvalue weighted by molar-refractivity contribution is -0.127. The number of amides is 2. The van der Waals surface area contributed by atoms with Gasteiger partial charge in [-0.15, -0.1) is 0 Å². The molecule has 0 radical (unpaired) electrons. The molecule has 0 aromatic heterocycles. The number of piperidine rings is 1. The Morgan fingerprint density at radius 1 is 0.966 bits per heavy atom. The maximum atomic E-state index is 12.4. The van der Waals surface area contributed by atoms with E-state index in [0.29, 0.717) is 19.6 Å². The molecule has 6 nitrogen and oxygen atoms in total. The van der Waals surface area contributed by atoms with Crippen LogP contribution in [0.1, 0.15) is 24.0 Å². The summed E-state index contributed by atoms with van der Waals surface area (Å²) in [6.07, 6.45) is 1.56. The SMILES string of the molecule is COc1ccccc1CNC(=O)CN1CCC(C(=O)NCc2ccccc2)CC1. The molecule has 1 saturated heterocycles. The van der Waals surface area contributed by atoms with Crippen LogP contribution in [0.3, 0.4) is 0 Å². The van der Waals surface area contributed by atoms with E-state index < -0.39 is 0 Å². The molecule has 2 aromatic carbocycles. The van der Waals surface area contributed by atoms with Gasteiger partial charge in [-0.2, -0.15) is 0 Å². The summed E-state index contributed by atoms with van der Waals surface area (Å²) in [5.41, 5.74) is 2.06. The Hall–Kier alpha value is -2.86. The van der Waals surface area contributed by atoms with Crippen molar-refractivity contribution in [2.24, 2.45) is 5.92 Å². The molecule has 0 bridgehead atoms. The summed E-state index contributed by atoms with van der Waals surface area (Å²) in [5, 5.41) is 5.98. The van der Waals surface area contributed by atoms with Gasteiger partial charge in [0, 0.05) is 24.6 Å². The predicted molar refractivity (Wildman–Crippen MR) is 112 cm³/mol. The van der Waals surface area contributed by atoms with Crippen molar-refractivity contribution in [2.75, 3.05) is 26.7 Å². The van der Waals surface area contributed by atoms with Gasteiger partial charge in [0.2, 0.25) is 11.8 Å². The van der Waals surface area contributed by atoms with Gasteiger partial charge in [0.15, 0.2) is 0 Å². The first-order valence-corrected chi connectivity index (χ1v) is 10.1. The Morgan fingerprint density at radius 3 is 2.38 bits per heavy atom. The Kier molecular flexibility index (Phi) is 7.64. The summed E-state index contributed by atoms with van der Waals surface area (Å²) in [6, 6.07) is 17.6. The van der Waals surface area contributed by atoms with Gasteiger partial charge in [0.1, 0.15) is 5.75 Å². The monoisotopic (exact) mass is 395 g/mol. The second-order valence-electron chi connectivity index (χ2n) is 7.34. The third-order valence-electron chi connectivity index (χ3n) is 5.30. The number of nitrogens with zero attached hydrogens (tertiary/aromatic N) is 1. The molecule has 0 spiro atoms. The van der Waals surface area contributed by atoms with E-state index in [1.165, 1.54) is 0 Å². The van der Waals surface area contributed by atoms with Gasteiger partial charge in [0.25, 0.3) is 0 Å². The van der Waals surface area contributed by atoms with Crippen LogP contribution in [-0.4, -0.2) is 43.5 Å². The topological polar surface area (TPSA) is 70.7 Å². The number of nitrogens with one attached hydrogen (secondary N) is 2. The first-order chi connectivity index (χ1) is 14.2. The molecule has 0 unspecified atom stereocenters. The van der Waals surface area contributed by atoms with Gasteiger partial charge >= 0.3 is 0 Å². The van der Waals surface area contributed by atoms with E-state index in [1.807, 2.05) is 54.6 Å². The minimum Gasteiger partial charge on any atom is -0.496 e. The van der Waals surface area contributed by atoms with Gasteiger partial charge in [0.05, 0.1) is 13.7 Å². The number of benzene rings is 2. The van der Waals surface area contributed by atoms with Crippen molar-refractivity contribution >= 4 is 11.8 Å². The average Bonchev–Trinajstić information content (AvgIpc) is 2.77. The fraction of sp³-hybridized carbons (Fsp3) is 0.391. The van der Waals surface area contributed by atoms with Crippen molar-refractivity contribution < 1.29 is 14.3 Å². The van der Waals surface area contributed by atoms with Crippen molar-refractivity contribution in [2.45, 2.75) is 25.9 Å². The number of likely N-dealkylation sites (tertiary alicyclic amines) is 1. The molecule has 154 valence electrons. The van der Waals surface area contributed by atoms with E-state index in [2.05, 4.69) is 15.5 Å². The molecule has 1 fully saturated rings. The van der Waals surface area contributed by atoms with Crippen LogP contribution >= 0.6 is 0 Å². The highest BCUT2D eigenvalue weighted by atomic mass is 16.5. The molecular formula is C23H29N3O3. The number of methoxy groups -OCH3 is 1. The Labute approximate surface area is 172 Å². The lowest BCUT2D eigenvalue weighted by Crippen LogP contribution is -2.44. The summed E-state index contributed by atoms with van der Waals surface area (Å²) in [6.45, 7) is 2.87. The Bertz CT molecular complexity index is 802. The van der Waals surface area contributed by atoms with Gasteiger partial charge in [-0.05, 0) is 37.6 Å². The molecule has 0 atom stereocenters. The number of hydrogen-bond acceptors (Lipinski definition) is 4. The average molecular weight is 396 g/mol. The molecule has 2 amide bonds. The molecule has 1 aliphatic heterocycles. The molecule has 0 aliphatic carbocycles. The molecule has 2 aromatic rings. The van der Waals surface area contributed by atoms with E-state index in [4.69, 9.17) is 4.74 Å². The zero-order valence-electron chi connectivity index (χ0n) is 16.9. The number of para-hydroxylation sites is 1. The molecule has 1 heterocycles. The van der Waals surface area contributed by atoms with Gasteiger partial charge < -0.3 is 15.4 Å². The van der Waals surface area contributed by atoms with E-state index >= 15 is 0 Å². The Morgan fingerprint density at radius 2 is 1.66 bits per heavy atom. The fourth-order valence-corrected chi connectivity index (χ4v) is 3.58. The summed E-state index contributed by atoms with van der Waals surface area (Å²) >= 11 is 0. The summed E-state index contributed by atoms with van der Waals surface area (Å²) in [5.74, 6) is 0.888. The molecule has 3 rings (SSSR count). The molecule has 6 heteroatoms. The quantitative estimate of drug-likeness (QED) is 0.720. The highest BCUT2D eigenvalue weighted by Crippen LogP contribution is 2.18. The normalized spacial score (nSPS) is 14.9. The first kappa shape index (κ1) is 20.9. The lowest BCUT2D eigenvalue weighted by Gasteiger charge is -2.30. The first-order valence-electron chi connectivity index (χ1n) is 10.1. The van der Waals surface area contributed by atoms with Crippen LogP contribution < -0.4 is 15.4 Å². The summed E-state index contributed by atoms with van der Waals surface area (Å²) in [4.78, 5) is 26.8. The number of carbonyl (C=O) groups excluding carboxylic acids is 2. The maximum Gasteiger partial charge on any atom is 0.234 e. The second-order valence-corrected chi connectivity index (χ2v) is 7.34. The van der Waals surface area contributed by atoms with Crippen LogP contribution in [0.4, 0.5) is 0 Å². The Balaban J connectivity index is 1.36. The smallest absolute Gasteiger partial charge is 0.234 e. The molecule has 1 aliphatic rings. The van der Waals surface area contributed by atoms with Crippen molar-refractivity contribution in [3.05, 3.63) is 65.7 Å². The van der Waals surface area contributed by atoms with Crippen LogP contribution in [0.15, 0.2) is 54.6 Å². The molecule has 2 N–H and O–H groups in total. The molecular weight excluding hydrogens is 366 g/mol. The largest absolute Gasteiger partial charge is 0.496 e. The number of rotatable bonds is 8. The van der Waals surface area contributed by atoms with Crippen LogP contribution in [0.2, 0.25) is 0 Å². The maximum absolute atomic E-state index is 12.4. The summed E-state index contributed by atoms with van der Waals surface area (Å²) < 4.78 is 5.31. The van der Waals surface area contributed by atoms with Crippen LogP contribution in [0.25, 0.3) is 0 Å². The third kappa shape index (κ3) is 6.32. The van der Waals surface area contributed by atoms with E-state index in [-0.39, 0.29) is 17.7 Å². The zero-order valence-corrected chi connectivity index (χ0v) is 16.9. The van der Waals surface area contributed by atoms with Crippen LogP contribution in [-0.2, 0) is 22.7 Å². The van der Waals surface area contributed by atoms with Crippen molar-refractivity contribution in [3.8, 4) is 5.75 Å². The van der Waals surface area contributed by atoms with Crippen molar-refractivity contribution in [3.63, 3.8) is 0 Å². The minimum absolute atomic E-state index is 0.0112. The van der Waals surface area contributed by atoms with E-state index in [9.17, 15) is 9.59 Å². The van der Waals surface area contributed by atoms with Crippen molar-refractivity contribution in [1.29, 1.82) is 0 Å². The van der Waals surface area contributed by atoms with Gasteiger partial charge in [-0.3, -0.25) is 14.5 Å². The van der Waals surface area contributed by atoms with Crippen LogP contribution in [0.5, 0.6) is 5.75 Å². The highest BCUT2D eigenvalue weighted by molar-refractivity contribution is 5.79. The summed E-state index contributed by atoms with van der Waals surface area (Å²) in [7, 11) is 1.63. The lowest BCUT2D eigenvalue weighted by atomic mass is 9.96. The second kappa shape index (κ2) is 10.6. The molecule has 29 heavy (non-hydrogen) atoms. The van der Waals surface area contributed by atoms with Crippen LogP contribution in [0, 0.1) is 5.92 Å². The standard InChI is InChI=1S/C23H29N3O3/c1-29-21-10-6-5-9-20(21)16-24-22(27)17-26-13-11-19(12-14-26)23(28)25-15-18-7-3-2-4-8-18/h2-10,19H,11-17H2,1H3,(H,24,27)(H,25,28). The number of ether oxygens (including phenoxy) is 1. The number of carbonyl (C=O) groups is 2. The van der Waals surface area contributed by atoms with E-state index in [0.717, 1.165) is 42.8 Å². The van der Waals surface area contributed by atoms with Gasteiger partial charge in [-0.1, -0.05) is 48.5 Å². The highest BCUT2D eigenvalue weighted by Gasteiger charge is 2.25. The number of hydrogen-bond donors (Lipinski definition) is 2. The van der Waals surface area contributed by atoms with Crippen molar-refractivity contribution in [1.82, 2.24) is 15.5 Å². The van der Waals surface area contributed by atoms with Gasteiger partial charge in [-0.25, -0.2) is 0 Å². The van der Waals surface area contributed by atoms with E-state index in [1.54, 1.807) is 7.11 Å². The predicted octanol–water partition coefficient (Wildman–Crippen LogP) is 2.34.